The molecule has 3 heteroatoms. The summed E-state index contributed by atoms with van der Waals surface area (Å²) in [5, 5.41) is 3.67. The summed E-state index contributed by atoms with van der Waals surface area (Å²) < 4.78 is 0. The Morgan fingerprint density at radius 2 is 2.31 bits per heavy atom. The van der Waals surface area contributed by atoms with Gasteiger partial charge in [0.15, 0.2) is 0 Å². The molecule has 0 saturated heterocycles. The summed E-state index contributed by atoms with van der Waals surface area (Å²) in [6.07, 6.45) is 0. The first-order valence-electron chi connectivity index (χ1n) is 4.03. The summed E-state index contributed by atoms with van der Waals surface area (Å²) in [6.45, 7) is 6.09. The van der Waals surface area contributed by atoms with Crippen LogP contribution in [0.1, 0.15) is 5.56 Å². The standard InChI is InChI=1S/C10H13ClN2/c1-7-4-3-5-9(10(7)12)13-6-8(2)11/h3-5,13H,2,6,12H2,1H3. The van der Waals surface area contributed by atoms with Gasteiger partial charge in [0.25, 0.3) is 0 Å². The molecule has 3 N–H and O–H groups in total. The predicted molar refractivity (Wildman–Crippen MR) is 59.1 cm³/mol. The molecule has 2 nitrogen and oxygen atoms in total. The highest BCUT2D eigenvalue weighted by Gasteiger charge is 1.99. The number of nitrogen functional groups attached to an aromatic ring is 1. The molecule has 1 aromatic carbocycles. The Hall–Kier alpha value is -1.15. The summed E-state index contributed by atoms with van der Waals surface area (Å²) in [5.41, 5.74) is 8.56. The number of anilines is 2. The van der Waals surface area contributed by atoms with Crippen molar-refractivity contribution in [3.63, 3.8) is 0 Å². The maximum absolute atomic E-state index is 5.83. The van der Waals surface area contributed by atoms with E-state index in [9.17, 15) is 0 Å². The van der Waals surface area contributed by atoms with Crippen LogP contribution in [0.15, 0.2) is 29.8 Å². The Morgan fingerprint density at radius 1 is 1.62 bits per heavy atom. The third-order valence-electron chi connectivity index (χ3n) is 1.79. The molecular weight excluding hydrogens is 184 g/mol. The number of rotatable bonds is 3. The maximum atomic E-state index is 5.83. The second-order valence-corrected chi connectivity index (χ2v) is 3.44. The van der Waals surface area contributed by atoms with Gasteiger partial charge in [0.05, 0.1) is 17.9 Å². The van der Waals surface area contributed by atoms with Crippen molar-refractivity contribution >= 4 is 23.0 Å². The SMILES string of the molecule is C=C(Cl)CNc1cccc(C)c1N. The lowest BCUT2D eigenvalue weighted by atomic mass is 10.2. The van der Waals surface area contributed by atoms with Crippen molar-refractivity contribution in [3.8, 4) is 0 Å². The fraction of sp³-hybridized carbons (Fsp3) is 0.200. The lowest BCUT2D eigenvalue weighted by Crippen LogP contribution is -2.04. The zero-order valence-electron chi connectivity index (χ0n) is 7.60. The molecule has 0 saturated carbocycles. The van der Waals surface area contributed by atoms with Gasteiger partial charge in [0.2, 0.25) is 0 Å². The van der Waals surface area contributed by atoms with E-state index in [1.54, 1.807) is 0 Å². The summed E-state index contributed by atoms with van der Waals surface area (Å²) in [4.78, 5) is 0. The molecule has 0 fully saturated rings. The average Bonchev–Trinajstić information content (AvgIpc) is 2.07. The summed E-state index contributed by atoms with van der Waals surface area (Å²) >= 11 is 5.62. The van der Waals surface area contributed by atoms with Gasteiger partial charge < -0.3 is 11.1 Å². The van der Waals surface area contributed by atoms with Crippen molar-refractivity contribution in [1.29, 1.82) is 0 Å². The van der Waals surface area contributed by atoms with Crippen LogP contribution in [-0.4, -0.2) is 6.54 Å². The van der Waals surface area contributed by atoms with Gasteiger partial charge in [-0.05, 0) is 18.6 Å². The van der Waals surface area contributed by atoms with Crippen molar-refractivity contribution in [1.82, 2.24) is 0 Å². The van der Waals surface area contributed by atoms with E-state index in [-0.39, 0.29) is 0 Å². The Bertz CT molecular complexity index is 321. The van der Waals surface area contributed by atoms with E-state index in [4.69, 9.17) is 17.3 Å². The van der Waals surface area contributed by atoms with Crippen LogP contribution in [0.3, 0.4) is 0 Å². The Labute approximate surface area is 83.4 Å². The van der Waals surface area contributed by atoms with E-state index >= 15 is 0 Å². The highest BCUT2D eigenvalue weighted by atomic mass is 35.5. The Balaban J connectivity index is 2.77. The highest BCUT2D eigenvalue weighted by Crippen LogP contribution is 2.21. The molecule has 70 valence electrons. The van der Waals surface area contributed by atoms with E-state index in [2.05, 4.69) is 11.9 Å². The highest BCUT2D eigenvalue weighted by molar-refractivity contribution is 6.29. The number of nitrogens with one attached hydrogen (secondary N) is 1. The summed E-state index contributed by atoms with van der Waals surface area (Å²) in [7, 11) is 0. The van der Waals surface area contributed by atoms with Crippen molar-refractivity contribution in [2.45, 2.75) is 6.92 Å². The fourth-order valence-corrected chi connectivity index (χ4v) is 1.09. The number of para-hydroxylation sites is 1. The Kier molecular flexibility index (Phi) is 3.20. The van der Waals surface area contributed by atoms with Gasteiger partial charge in [0.1, 0.15) is 0 Å². The predicted octanol–water partition coefficient (Wildman–Crippen LogP) is 2.74. The minimum absolute atomic E-state index is 0.537. The summed E-state index contributed by atoms with van der Waals surface area (Å²) in [6, 6.07) is 5.84. The monoisotopic (exact) mass is 196 g/mol. The normalized spacial score (nSPS) is 9.69. The minimum Gasteiger partial charge on any atom is -0.397 e. The molecular formula is C10H13ClN2. The van der Waals surface area contributed by atoms with Gasteiger partial charge in [-0.3, -0.25) is 0 Å². The molecule has 0 spiro atoms. The number of benzene rings is 1. The lowest BCUT2D eigenvalue weighted by molar-refractivity contribution is 1.31. The van der Waals surface area contributed by atoms with Gasteiger partial charge >= 0.3 is 0 Å². The van der Waals surface area contributed by atoms with E-state index in [1.165, 1.54) is 0 Å². The van der Waals surface area contributed by atoms with Gasteiger partial charge in [-0.1, -0.05) is 30.3 Å². The zero-order valence-corrected chi connectivity index (χ0v) is 8.36. The molecule has 0 unspecified atom stereocenters. The molecule has 0 aliphatic carbocycles. The van der Waals surface area contributed by atoms with Gasteiger partial charge in [-0.2, -0.15) is 0 Å². The second-order valence-electron chi connectivity index (χ2n) is 2.91. The molecule has 0 aliphatic rings. The zero-order chi connectivity index (χ0) is 9.84. The third-order valence-corrected chi connectivity index (χ3v) is 1.93. The van der Waals surface area contributed by atoms with E-state index < -0.39 is 0 Å². The number of hydrogen-bond acceptors (Lipinski definition) is 2. The molecule has 0 amide bonds. The molecule has 1 rings (SSSR count). The maximum Gasteiger partial charge on any atom is 0.0579 e. The molecule has 0 aliphatic heterocycles. The van der Waals surface area contributed by atoms with E-state index in [0.717, 1.165) is 16.9 Å². The molecule has 0 bridgehead atoms. The lowest BCUT2D eigenvalue weighted by Gasteiger charge is -2.09. The minimum atomic E-state index is 0.537. The second kappa shape index (κ2) is 4.19. The first kappa shape index (κ1) is 9.93. The average molecular weight is 197 g/mol. The van der Waals surface area contributed by atoms with Crippen molar-refractivity contribution in [2.24, 2.45) is 0 Å². The van der Waals surface area contributed by atoms with Crippen LogP contribution in [0, 0.1) is 6.92 Å². The van der Waals surface area contributed by atoms with Crippen LogP contribution in [-0.2, 0) is 0 Å². The number of halogens is 1. The summed E-state index contributed by atoms with van der Waals surface area (Å²) in [5.74, 6) is 0. The number of aryl methyl sites for hydroxylation is 1. The number of nitrogens with two attached hydrogens (primary N) is 1. The van der Waals surface area contributed by atoms with Crippen LogP contribution in [0.25, 0.3) is 0 Å². The van der Waals surface area contributed by atoms with Crippen LogP contribution >= 0.6 is 11.6 Å². The van der Waals surface area contributed by atoms with Gasteiger partial charge in [-0.15, -0.1) is 0 Å². The van der Waals surface area contributed by atoms with Crippen molar-refractivity contribution < 1.29 is 0 Å². The van der Waals surface area contributed by atoms with Crippen LogP contribution in [0.4, 0.5) is 11.4 Å². The first-order chi connectivity index (χ1) is 6.11. The number of hydrogen-bond donors (Lipinski definition) is 2. The molecule has 13 heavy (non-hydrogen) atoms. The van der Waals surface area contributed by atoms with Crippen molar-refractivity contribution in [3.05, 3.63) is 35.4 Å². The molecule has 0 radical (unpaired) electrons. The van der Waals surface area contributed by atoms with Crippen LogP contribution < -0.4 is 11.1 Å². The fourth-order valence-electron chi connectivity index (χ4n) is 1.03. The molecule has 1 aromatic rings. The van der Waals surface area contributed by atoms with Gasteiger partial charge in [0, 0.05) is 5.03 Å². The third kappa shape index (κ3) is 2.67. The largest absolute Gasteiger partial charge is 0.397 e. The molecule has 0 aromatic heterocycles. The van der Waals surface area contributed by atoms with Gasteiger partial charge in [-0.25, -0.2) is 0 Å². The molecule has 0 heterocycles. The smallest absolute Gasteiger partial charge is 0.0579 e. The quantitative estimate of drug-likeness (QED) is 0.730. The topological polar surface area (TPSA) is 38.0 Å². The van der Waals surface area contributed by atoms with Crippen molar-refractivity contribution in [2.75, 3.05) is 17.6 Å². The van der Waals surface area contributed by atoms with Crippen LogP contribution in [0.2, 0.25) is 0 Å². The Morgan fingerprint density at radius 3 is 2.92 bits per heavy atom. The van der Waals surface area contributed by atoms with E-state index in [0.29, 0.717) is 11.6 Å². The molecule has 0 atom stereocenters. The van der Waals surface area contributed by atoms with Crippen LogP contribution in [0.5, 0.6) is 0 Å². The first-order valence-corrected chi connectivity index (χ1v) is 4.41. The van der Waals surface area contributed by atoms with E-state index in [1.807, 2.05) is 25.1 Å².